The Bertz CT molecular complexity index is 543. The van der Waals surface area contributed by atoms with E-state index in [0.717, 1.165) is 6.42 Å². The van der Waals surface area contributed by atoms with Crippen LogP contribution in [0, 0.1) is 11.3 Å². The largest absolute Gasteiger partial charge is 0.508 e. The molecule has 1 N–H and O–H groups in total. The van der Waals surface area contributed by atoms with E-state index in [2.05, 4.69) is 20.8 Å². The fourth-order valence-corrected chi connectivity index (χ4v) is 3.92. The van der Waals surface area contributed by atoms with Crippen molar-refractivity contribution < 1.29 is 13.5 Å². The molecular formula is C14H21NO3S. The lowest BCUT2D eigenvalue weighted by atomic mass is 9.80. The van der Waals surface area contributed by atoms with Gasteiger partial charge in [0, 0.05) is 13.1 Å². The summed E-state index contributed by atoms with van der Waals surface area (Å²) in [6.07, 6.45) is 0.904. The van der Waals surface area contributed by atoms with Gasteiger partial charge in [-0.3, -0.25) is 0 Å². The van der Waals surface area contributed by atoms with Crippen molar-refractivity contribution in [3.05, 3.63) is 24.3 Å². The molecule has 106 valence electrons. The van der Waals surface area contributed by atoms with Crippen LogP contribution in [0.15, 0.2) is 29.2 Å². The number of sulfonamides is 1. The molecule has 0 spiro atoms. The molecule has 1 heterocycles. The summed E-state index contributed by atoms with van der Waals surface area (Å²) in [6.45, 7) is 7.59. The van der Waals surface area contributed by atoms with Gasteiger partial charge < -0.3 is 5.11 Å². The van der Waals surface area contributed by atoms with Gasteiger partial charge in [-0.05, 0) is 42.0 Å². The topological polar surface area (TPSA) is 57.6 Å². The zero-order valence-electron chi connectivity index (χ0n) is 11.6. The first-order valence-corrected chi connectivity index (χ1v) is 7.94. The Kier molecular flexibility index (Phi) is 3.62. The van der Waals surface area contributed by atoms with E-state index in [-0.39, 0.29) is 16.1 Å². The lowest BCUT2D eigenvalue weighted by Gasteiger charge is -2.26. The Morgan fingerprint density at radius 2 is 1.79 bits per heavy atom. The average Bonchev–Trinajstić information content (AvgIpc) is 2.79. The molecular weight excluding hydrogens is 262 g/mol. The van der Waals surface area contributed by atoms with Crippen LogP contribution in [0.2, 0.25) is 0 Å². The molecule has 1 aromatic rings. The molecule has 0 aliphatic carbocycles. The molecule has 19 heavy (non-hydrogen) atoms. The van der Waals surface area contributed by atoms with Crippen LogP contribution in [0.4, 0.5) is 0 Å². The van der Waals surface area contributed by atoms with Crippen molar-refractivity contribution in [2.45, 2.75) is 32.1 Å². The first kappa shape index (κ1) is 14.3. The maximum Gasteiger partial charge on any atom is 0.243 e. The Hall–Kier alpha value is -1.07. The van der Waals surface area contributed by atoms with E-state index in [4.69, 9.17) is 0 Å². The summed E-state index contributed by atoms with van der Waals surface area (Å²) in [6, 6.07) is 5.72. The van der Waals surface area contributed by atoms with Gasteiger partial charge in [0.05, 0.1) is 4.90 Å². The van der Waals surface area contributed by atoms with Gasteiger partial charge in [-0.1, -0.05) is 20.8 Å². The molecule has 0 bridgehead atoms. The van der Waals surface area contributed by atoms with Crippen LogP contribution in [0.5, 0.6) is 5.75 Å². The fraction of sp³-hybridized carbons (Fsp3) is 0.571. The highest BCUT2D eigenvalue weighted by Gasteiger charge is 2.37. The van der Waals surface area contributed by atoms with Crippen LogP contribution in [0.3, 0.4) is 0 Å². The van der Waals surface area contributed by atoms with Crippen molar-refractivity contribution in [1.29, 1.82) is 0 Å². The summed E-state index contributed by atoms with van der Waals surface area (Å²) in [5.74, 6) is 0.465. The number of hydrogen-bond donors (Lipinski definition) is 1. The molecule has 1 saturated heterocycles. The van der Waals surface area contributed by atoms with E-state index in [0.29, 0.717) is 19.0 Å². The summed E-state index contributed by atoms with van der Waals surface area (Å²) in [5, 5.41) is 9.23. The lowest BCUT2D eigenvalue weighted by Crippen LogP contribution is -2.31. The minimum Gasteiger partial charge on any atom is -0.508 e. The van der Waals surface area contributed by atoms with Gasteiger partial charge in [0.15, 0.2) is 0 Å². The maximum absolute atomic E-state index is 12.5. The number of hydrogen-bond acceptors (Lipinski definition) is 3. The van der Waals surface area contributed by atoms with Crippen molar-refractivity contribution in [2.24, 2.45) is 11.3 Å². The first-order chi connectivity index (χ1) is 8.71. The van der Waals surface area contributed by atoms with Gasteiger partial charge in [0.1, 0.15) is 5.75 Å². The summed E-state index contributed by atoms with van der Waals surface area (Å²) >= 11 is 0. The first-order valence-electron chi connectivity index (χ1n) is 6.50. The molecule has 0 aromatic heterocycles. The van der Waals surface area contributed by atoms with Crippen LogP contribution < -0.4 is 0 Å². The van der Waals surface area contributed by atoms with Crippen LogP contribution >= 0.6 is 0 Å². The molecule has 1 fully saturated rings. The van der Waals surface area contributed by atoms with Gasteiger partial charge in [0.25, 0.3) is 0 Å². The minimum atomic E-state index is -3.43. The van der Waals surface area contributed by atoms with Crippen molar-refractivity contribution in [3.8, 4) is 5.75 Å². The Balaban J connectivity index is 2.21. The summed E-state index contributed by atoms with van der Waals surface area (Å²) in [5.41, 5.74) is 0.124. The molecule has 1 aromatic carbocycles. The third kappa shape index (κ3) is 2.92. The second kappa shape index (κ2) is 4.80. The zero-order valence-corrected chi connectivity index (χ0v) is 12.4. The molecule has 1 atom stereocenters. The normalized spacial score (nSPS) is 21.7. The fourth-order valence-electron chi connectivity index (χ4n) is 2.42. The SMILES string of the molecule is CC(C)(C)C1CCN(S(=O)(=O)c2ccc(O)cc2)C1. The Morgan fingerprint density at radius 1 is 1.21 bits per heavy atom. The number of benzene rings is 1. The van der Waals surface area contributed by atoms with Gasteiger partial charge in [-0.25, -0.2) is 8.42 Å². The molecule has 0 amide bonds. The predicted molar refractivity (Wildman–Crippen MR) is 74.4 cm³/mol. The van der Waals surface area contributed by atoms with Crippen LogP contribution in [-0.2, 0) is 10.0 Å². The lowest BCUT2D eigenvalue weighted by molar-refractivity contribution is 0.252. The van der Waals surface area contributed by atoms with Crippen LogP contribution in [0.1, 0.15) is 27.2 Å². The van der Waals surface area contributed by atoms with Crippen molar-refractivity contribution in [3.63, 3.8) is 0 Å². The minimum absolute atomic E-state index is 0.0768. The van der Waals surface area contributed by atoms with Gasteiger partial charge >= 0.3 is 0 Å². The van der Waals surface area contributed by atoms with Gasteiger partial charge in [0.2, 0.25) is 10.0 Å². The number of rotatable bonds is 2. The highest BCUT2D eigenvalue weighted by Crippen LogP contribution is 2.35. The second-order valence-electron chi connectivity index (χ2n) is 6.21. The van der Waals surface area contributed by atoms with Crippen molar-refractivity contribution in [1.82, 2.24) is 4.31 Å². The van der Waals surface area contributed by atoms with E-state index in [1.54, 1.807) is 4.31 Å². The van der Waals surface area contributed by atoms with E-state index in [1.807, 2.05) is 0 Å². The highest BCUT2D eigenvalue weighted by molar-refractivity contribution is 7.89. The smallest absolute Gasteiger partial charge is 0.243 e. The Labute approximate surface area is 115 Å². The number of phenols is 1. The van der Waals surface area contributed by atoms with Crippen LogP contribution in [-0.4, -0.2) is 30.9 Å². The quantitative estimate of drug-likeness (QED) is 0.907. The third-order valence-corrected chi connectivity index (χ3v) is 5.73. The molecule has 1 aliphatic heterocycles. The van der Waals surface area contributed by atoms with Crippen molar-refractivity contribution in [2.75, 3.05) is 13.1 Å². The van der Waals surface area contributed by atoms with E-state index in [9.17, 15) is 13.5 Å². The molecule has 1 aliphatic rings. The van der Waals surface area contributed by atoms with E-state index >= 15 is 0 Å². The summed E-state index contributed by atoms with van der Waals surface area (Å²) in [7, 11) is -3.43. The summed E-state index contributed by atoms with van der Waals surface area (Å²) in [4.78, 5) is 0.250. The molecule has 5 heteroatoms. The van der Waals surface area contributed by atoms with E-state index in [1.165, 1.54) is 24.3 Å². The Morgan fingerprint density at radius 3 is 2.26 bits per heavy atom. The van der Waals surface area contributed by atoms with Crippen molar-refractivity contribution >= 4 is 10.0 Å². The third-order valence-electron chi connectivity index (χ3n) is 3.85. The molecule has 2 rings (SSSR count). The zero-order chi connectivity index (χ0) is 14.3. The van der Waals surface area contributed by atoms with E-state index < -0.39 is 10.0 Å². The number of aromatic hydroxyl groups is 1. The van der Waals surface area contributed by atoms with Gasteiger partial charge in [-0.2, -0.15) is 4.31 Å². The number of phenolic OH excluding ortho intramolecular Hbond substituents is 1. The average molecular weight is 283 g/mol. The highest BCUT2D eigenvalue weighted by atomic mass is 32.2. The standard InChI is InChI=1S/C14H21NO3S/c1-14(2,3)11-8-9-15(10-11)19(17,18)13-6-4-12(16)5-7-13/h4-7,11,16H,8-10H2,1-3H3. The number of nitrogens with zero attached hydrogens (tertiary/aromatic N) is 1. The second-order valence-corrected chi connectivity index (χ2v) is 8.15. The maximum atomic E-state index is 12.5. The predicted octanol–water partition coefficient (Wildman–Crippen LogP) is 2.45. The van der Waals surface area contributed by atoms with Crippen LogP contribution in [0.25, 0.3) is 0 Å². The summed E-state index contributed by atoms with van der Waals surface area (Å²) < 4.78 is 26.5. The molecule has 4 nitrogen and oxygen atoms in total. The molecule has 0 saturated carbocycles. The van der Waals surface area contributed by atoms with Gasteiger partial charge in [-0.15, -0.1) is 0 Å². The molecule has 0 radical (unpaired) electrons. The molecule has 1 unspecified atom stereocenters. The monoisotopic (exact) mass is 283 g/mol.